The van der Waals surface area contributed by atoms with Crippen molar-refractivity contribution in [3.05, 3.63) is 36.0 Å². The van der Waals surface area contributed by atoms with Crippen molar-refractivity contribution in [2.24, 2.45) is 11.8 Å². The van der Waals surface area contributed by atoms with Crippen LogP contribution in [0, 0.1) is 11.8 Å². The molecule has 0 spiro atoms. The second-order valence-corrected chi connectivity index (χ2v) is 6.59. The number of rotatable bonds is 4. The van der Waals surface area contributed by atoms with Crippen LogP contribution >= 0.6 is 0 Å². The van der Waals surface area contributed by atoms with Gasteiger partial charge in [0, 0.05) is 11.8 Å². The molecule has 130 valence electrons. The van der Waals surface area contributed by atoms with Crippen molar-refractivity contribution in [1.29, 1.82) is 0 Å². The third-order valence-corrected chi connectivity index (χ3v) is 4.89. The maximum absolute atomic E-state index is 5.39. The van der Waals surface area contributed by atoms with Gasteiger partial charge >= 0.3 is 0 Å². The number of methoxy groups -OCH3 is 1. The molecule has 2 atom stereocenters. The molecule has 0 aromatic carbocycles. The van der Waals surface area contributed by atoms with Gasteiger partial charge in [-0.3, -0.25) is 0 Å². The van der Waals surface area contributed by atoms with Gasteiger partial charge in [-0.1, -0.05) is 19.0 Å². The topological polar surface area (TPSA) is 91.8 Å². The molecule has 0 saturated heterocycles. The predicted molar refractivity (Wildman–Crippen MR) is 88.9 cm³/mol. The van der Waals surface area contributed by atoms with Crippen LogP contribution in [-0.2, 0) is 19.4 Å². The summed E-state index contributed by atoms with van der Waals surface area (Å²) in [7, 11) is 1.55. The molecule has 1 aliphatic rings. The van der Waals surface area contributed by atoms with Gasteiger partial charge in [-0.2, -0.15) is 4.98 Å². The average molecular weight is 340 g/mol. The van der Waals surface area contributed by atoms with Gasteiger partial charge in [-0.05, 0) is 24.7 Å². The Morgan fingerprint density at radius 1 is 1.20 bits per heavy atom. The number of hydrogen-bond donors (Lipinski definition) is 0. The van der Waals surface area contributed by atoms with Crippen molar-refractivity contribution in [2.45, 2.75) is 33.2 Å². The van der Waals surface area contributed by atoms with Crippen molar-refractivity contribution in [2.75, 3.05) is 7.11 Å². The summed E-state index contributed by atoms with van der Waals surface area (Å²) in [6.45, 7) is 5.09. The second-order valence-electron chi connectivity index (χ2n) is 6.59. The summed E-state index contributed by atoms with van der Waals surface area (Å²) in [6.07, 6.45) is 5.34. The van der Waals surface area contributed by atoms with Crippen molar-refractivity contribution >= 4 is 0 Å². The zero-order valence-corrected chi connectivity index (χ0v) is 14.5. The Morgan fingerprint density at radius 3 is 2.88 bits per heavy atom. The van der Waals surface area contributed by atoms with E-state index in [1.807, 2.05) is 6.33 Å². The van der Waals surface area contributed by atoms with Gasteiger partial charge < -0.3 is 13.8 Å². The van der Waals surface area contributed by atoms with Crippen LogP contribution in [0.1, 0.15) is 31.1 Å². The molecule has 0 unspecified atom stereocenters. The fraction of sp³-hybridized carbons (Fsp3) is 0.471. The second kappa shape index (κ2) is 6.27. The number of imidazole rings is 1. The fourth-order valence-electron chi connectivity index (χ4n) is 3.15. The standard InChI is InChI=1S/C17H20N6O2/c1-10-4-12-14(5-11(10)2)23(9-20-12)7-16-21-17(22-25-16)13-6-15(24-3)19-8-18-13/h6,8-11H,4-5,7H2,1-3H3/t10-,11+/m1/s1. The molecule has 8 heteroatoms. The molecular weight excluding hydrogens is 320 g/mol. The highest BCUT2D eigenvalue weighted by molar-refractivity contribution is 5.49. The molecule has 3 aromatic rings. The third-order valence-electron chi connectivity index (χ3n) is 4.89. The molecule has 3 heterocycles. The summed E-state index contributed by atoms with van der Waals surface area (Å²) < 4.78 is 12.6. The molecule has 0 bridgehead atoms. The number of fused-ring (bicyclic) bond motifs is 1. The predicted octanol–water partition coefficient (Wildman–Crippen LogP) is 2.15. The van der Waals surface area contributed by atoms with Crippen LogP contribution in [0.5, 0.6) is 5.88 Å². The summed E-state index contributed by atoms with van der Waals surface area (Å²) in [4.78, 5) is 17.1. The molecule has 25 heavy (non-hydrogen) atoms. The van der Waals surface area contributed by atoms with E-state index < -0.39 is 0 Å². The van der Waals surface area contributed by atoms with Crippen LogP contribution in [0.25, 0.3) is 11.5 Å². The molecule has 4 rings (SSSR count). The van der Waals surface area contributed by atoms with Crippen molar-refractivity contribution < 1.29 is 9.26 Å². The monoisotopic (exact) mass is 340 g/mol. The van der Waals surface area contributed by atoms with E-state index in [1.165, 1.54) is 17.7 Å². The van der Waals surface area contributed by atoms with Gasteiger partial charge in [0.2, 0.25) is 17.6 Å². The highest BCUT2D eigenvalue weighted by Gasteiger charge is 2.26. The Hall–Kier alpha value is -2.77. The normalized spacial score (nSPS) is 19.6. The van der Waals surface area contributed by atoms with E-state index in [-0.39, 0.29) is 0 Å². The van der Waals surface area contributed by atoms with E-state index in [0.29, 0.717) is 41.7 Å². The lowest BCUT2D eigenvalue weighted by molar-refractivity contribution is 0.341. The minimum absolute atomic E-state index is 0.423. The smallest absolute Gasteiger partial charge is 0.246 e. The van der Waals surface area contributed by atoms with Gasteiger partial charge in [0.15, 0.2) is 0 Å². The number of hydrogen-bond acceptors (Lipinski definition) is 7. The van der Waals surface area contributed by atoms with Crippen molar-refractivity contribution in [1.82, 2.24) is 29.7 Å². The number of aromatic nitrogens is 6. The van der Waals surface area contributed by atoms with Gasteiger partial charge in [0.25, 0.3) is 0 Å². The van der Waals surface area contributed by atoms with Crippen LogP contribution in [-0.4, -0.2) is 36.8 Å². The SMILES string of the molecule is COc1cc(-c2noc(Cn3cnc4c3C[C@H](C)[C@H](C)C4)n2)ncn1. The van der Waals surface area contributed by atoms with E-state index in [9.17, 15) is 0 Å². The van der Waals surface area contributed by atoms with Gasteiger partial charge in [-0.25, -0.2) is 15.0 Å². The zero-order valence-electron chi connectivity index (χ0n) is 14.5. The maximum Gasteiger partial charge on any atom is 0.246 e. The number of nitrogens with zero attached hydrogens (tertiary/aromatic N) is 6. The lowest BCUT2D eigenvalue weighted by atomic mass is 9.82. The maximum atomic E-state index is 5.39. The van der Waals surface area contributed by atoms with Crippen LogP contribution in [0.4, 0.5) is 0 Å². The Labute approximate surface area is 145 Å². The summed E-state index contributed by atoms with van der Waals surface area (Å²) in [5.74, 6) is 2.72. The number of ether oxygens (including phenoxy) is 1. The van der Waals surface area contributed by atoms with E-state index in [1.54, 1.807) is 13.2 Å². The molecule has 0 fully saturated rings. The molecule has 1 aliphatic carbocycles. The van der Waals surface area contributed by atoms with Crippen LogP contribution in [0.15, 0.2) is 23.2 Å². The zero-order chi connectivity index (χ0) is 17.4. The molecule has 0 aliphatic heterocycles. The molecule has 0 radical (unpaired) electrons. The lowest BCUT2D eigenvalue weighted by Crippen LogP contribution is -2.22. The quantitative estimate of drug-likeness (QED) is 0.718. The first-order valence-electron chi connectivity index (χ1n) is 8.36. The highest BCUT2D eigenvalue weighted by atomic mass is 16.5. The molecule has 0 amide bonds. The fourth-order valence-corrected chi connectivity index (χ4v) is 3.15. The third kappa shape index (κ3) is 2.99. The van der Waals surface area contributed by atoms with E-state index >= 15 is 0 Å². The lowest BCUT2D eigenvalue weighted by Gasteiger charge is -2.25. The first-order chi connectivity index (χ1) is 12.1. The molecule has 0 N–H and O–H groups in total. The van der Waals surface area contributed by atoms with Crippen LogP contribution < -0.4 is 4.74 Å². The molecular formula is C17H20N6O2. The Balaban J connectivity index is 1.56. The van der Waals surface area contributed by atoms with E-state index in [0.717, 1.165) is 12.8 Å². The minimum Gasteiger partial charge on any atom is -0.481 e. The highest BCUT2D eigenvalue weighted by Crippen LogP contribution is 2.29. The molecule has 3 aromatic heterocycles. The van der Waals surface area contributed by atoms with Crippen LogP contribution in [0.3, 0.4) is 0 Å². The summed E-state index contributed by atoms with van der Waals surface area (Å²) in [5, 5.41) is 4.02. The summed E-state index contributed by atoms with van der Waals surface area (Å²) >= 11 is 0. The summed E-state index contributed by atoms with van der Waals surface area (Å²) in [6, 6.07) is 1.68. The van der Waals surface area contributed by atoms with Gasteiger partial charge in [0.1, 0.15) is 18.6 Å². The Bertz CT molecular complexity index is 887. The van der Waals surface area contributed by atoms with Crippen molar-refractivity contribution in [3.8, 4) is 17.4 Å². The summed E-state index contributed by atoms with van der Waals surface area (Å²) in [5.41, 5.74) is 3.02. The first kappa shape index (κ1) is 15.7. The van der Waals surface area contributed by atoms with Gasteiger partial charge in [-0.15, -0.1) is 0 Å². The van der Waals surface area contributed by atoms with Crippen LogP contribution in [0.2, 0.25) is 0 Å². The Kier molecular flexibility index (Phi) is 3.95. The molecule has 8 nitrogen and oxygen atoms in total. The van der Waals surface area contributed by atoms with E-state index in [4.69, 9.17) is 9.26 Å². The van der Waals surface area contributed by atoms with E-state index in [2.05, 4.69) is 43.5 Å². The van der Waals surface area contributed by atoms with Crippen molar-refractivity contribution in [3.63, 3.8) is 0 Å². The Morgan fingerprint density at radius 2 is 2.04 bits per heavy atom. The largest absolute Gasteiger partial charge is 0.481 e. The molecule has 0 saturated carbocycles. The van der Waals surface area contributed by atoms with Gasteiger partial charge in [0.05, 0.1) is 19.1 Å². The average Bonchev–Trinajstić information content (AvgIpc) is 3.24. The first-order valence-corrected chi connectivity index (χ1v) is 8.36. The minimum atomic E-state index is 0.423.